The second kappa shape index (κ2) is 5.46. The number of nitrogens with zero attached hydrogens (tertiary/aromatic N) is 1. The van der Waals surface area contributed by atoms with Crippen LogP contribution in [0.3, 0.4) is 0 Å². The van der Waals surface area contributed by atoms with Crippen molar-refractivity contribution in [3.05, 3.63) is 34.1 Å². The Kier molecular flexibility index (Phi) is 4.17. The highest BCUT2D eigenvalue weighted by atomic mass is 79.9. The first-order valence-electron chi connectivity index (χ1n) is 5.85. The molecule has 4 heteroatoms. The van der Waals surface area contributed by atoms with Gasteiger partial charge in [-0.1, -0.05) is 15.9 Å². The largest absolute Gasteiger partial charge is 0.393 e. The molecule has 0 aromatic heterocycles. The van der Waals surface area contributed by atoms with Crippen LogP contribution in [0.1, 0.15) is 18.4 Å². The average Bonchev–Trinajstić information content (AvgIpc) is 2.21. The van der Waals surface area contributed by atoms with Gasteiger partial charge in [-0.3, -0.25) is 0 Å². The summed E-state index contributed by atoms with van der Waals surface area (Å²) in [5.41, 5.74) is 0.710. The van der Waals surface area contributed by atoms with E-state index in [2.05, 4.69) is 20.8 Å². The van der Waals surface area contributed by atoms with E-state index in [4.69, 9.17) is 0 Å². The molecule has 1 saturated carbocycles. The van der Waals surface area contributed by atoms with Crippen LogP contribution in [-0.2, 0) is 6.54 Å². The molecule has 1 aliphatic carbocycles. The van der Waals surface area contributed by atoms with E-state index in [0.717, 1.165) is 23.9 Å². The van der Waals surface area contributed by atoms with Gasteiger partial charge in [-0.05, 0) is 44.0 Å². The summed E-state index contributed by atoms with van der Waals surface area (Å²) in [5.74, 6) is 0.402. The van der Waals surface area contributed by atoms with Gasteiger partial charge in [0, 0.05) is 23.1 Å². The van der Waals surface area contributed by atoms with Crippen LogP contribution in [0.25, 0.3) is 0 Å². The number of aliphatic hydroxyl groups is 1. The number of benzene rings is 1. The van der Waals surface area contributed by atoms with E-state index in [0.29, 0.717) is 18.0 Å². The van der Waals surface area contributed by atoms with Crippen molar-refractivity contribution in [3.63, 3.8) is 0 Å². The lowest BCUT2D eigenvalue weighted by atomic mass is 9.82. The molecule has 0 unspecified atom stereocenters. The third kappa shape index (κ3) is 3.50. The zero-order valence-electron chi connectivity index (χ0n) is 9.87. The number of aliphatic hydroxyl groups excluding tert-OH is 1. The van der Waals surface area contributed by atoms with Crippen LogP contribution in [0.4, 0.5) is 4.39 Å². The third-order valence-corrected chi connectivity index (χ3v) is 3.72. The molecule has 1 aromatic rings. The lowest BCUT2D eigenvalue weighted by Gasteiger charge is -2.34. The molecule has 2 nitrogen and oxygen atoms in total. The van der Waals surface area contributed by atoms with Crippen molar-refractivity contribution in [2.45, 2.75) is 25.5 Å². The van der Waals surface area contributed by atoms with Crippen molar-refractivity contribution in [1.82, 2.24) is 4.90 Å². The maximum atomic E-state index is 13.5. The fourth-order valence-electron chi connectivity index (χ4n) is 2.31. The van der Waals surface area contributed by atoms with Crippen molar-refractivity contribution in [2.24, 2.45) is 5.92 Å². The molecule has 0 radical (unpaired) electrons. The van der Waals surface area contributed by atoms with Crippen molar-refractivity contribution < 1.29 is 9.50 Å². The summed E-state index contributed by atoms with van der Waals surface area (Å²) in [5, 5.41) is 9.22. The van der Waals surface area contributed by atoms with Crippen molar-refractivity contribution in [1.29, 1.82) is 0 Å². The minimum atomic E-state index is -0.159. The fourth-order valence-corrected chi connectivity index (χ4v) is 2.72. The van der Waals surface area contributed by atoms with Crippen molar-refractivity contribution >= 4 is 15.9 Å². The van der Waals surface area contributed by atoms with Gasteiger partial charge in [-0.2, -0.15) is 0 Å². The van der Waals surface area contributed by atoms with Gasteiger partial charge in [0.05, 0.1) is 6.10 Å². The molecular weight excluding hydrogens is 285 g/mol. The second-order valence-corrected chi connectivity index (χ2v) is 5.84. The Bertz CT molecular complexity index is 393. The molecule has 0 saturated heterocycles. The summed E-state index contributed by atoms with van der Waals surface area (Å²) in [6, 6.07) is 5.02. The molecule has 0 atom stereocenters. The predicted octanol–water partition coefficient (Wildman–Crippen LogP) is 2.79. The highest BCUT2D eigenvalue weighted by molar-refractivity contribution is 9.10. The van der Waals surface area contributed by atoms with Gasteiger partial charge in [-0.25, -0.2) is 4.39 Å². The van der Waals surface area contributed by atoms with Gasteiger partial charge in [0.1, 0.15) is 5.82 Å². The first-order chi connectivity index (χ1) is 8.04. The van der Waals surface area contributed by atoms with Gasteiger partial charge >= 0.3 is 0 Å². The molecule has 17 heavy (non-hydrogen) atoms. The first-order valence-corrected chi connectivity index (χ1v) is 6.64. The number of halogens is 2. The van der Waals surface area contributed by atoms with Crippen LogP contribution in [0.2, 0.25) is 0 Å². The van der Waals surface area contributed by atoms with Crippen LogP contribution < -0.4 is 0 Å². The summed E-state index contributed by atoms with van der Waals surface area (Å²) in [6.45, 7) is 1.53. The highest BCUT2D eigenvalue weighted by Gasteiger charge is 2.27. The zero-order chi connectivity index (χ0) is 12.4. The molecule has 0 aliphatic heterocycles. The second-order valence-electron chi connectivity index (χ2n) is 4.92. The van der Waals surface area contributed by atoms with Gasteiger partial charge < -0.3 is 10.0 Å². The molecule has 0 amide bonds. The van der Waals surface area contributed by atoms with Crippen LogP contribution in [-0.4, -0.2) is 29.7 Å². The van der Waals surface area contributed by atoms with E-state index in [1.54, 1.807) is 6.07 Å². The molecule has 2 rings (SSSR count). The number of rotatable bonds is 4. The van der Waals surface area contributed by atoms with Gasteiger partial charge in [-0.15, -0.1) is 0 Å². The molecular formula is C13H17BrFNO. The number of hydrogen-bond donors (Lipinski definition) is 1. The van der Waals surface area contributed by atoms with E-state index >= 15 is 0 Å². The standard InChI is InChI=1S/C13H17BrFNO/c1-16(7-9-4-12(17)5-9)8-10-6-11(14)2-3-13(10)15/h2-3,6,9,12,17H,4-5,7-8H2,1H3. The lowest BCUT2D eigenvalue weighted by molar-refractivity contribution is 0.0272. The van der Waals surface area contributed by atoms with Gasteiger partial charge in [0.2, 0.25) is 0 Å². The Hall–Kier alpha value is -0.450. The quantitative estimate of drug-likeness (QED) is 0.924. The zero-order valence-corrected chi connectivity index (χ0v) is 11.5. The molecule has 1 aromatic carbocycles. The smallest absolute Gasteiger partial charge is 0.127 e. The van der Waals surface area contributed by atoms with E-state index in [1.165, 1.54) is 6.07 Å². The molecule has 1 aliphatic rings. The van der Waals surface area contributed by atoms with Gasteiger partial charge in [0.15, 0.2) is 0 Å². The highest BCUT2D eigenvalue weighted by Crippen LogP contribution is 2.28. The van der Waals surface area contributed by atoms with Crippen LogP contribution in [0.15, 0.2) is 22.7 Å². The maximum absolute atomic E-state index is 13.5. The SMILES string of the molecule is CN(Cc1cc(Br)ccc1F)CC1CC(O)C1. The van der Waals surface area contributed by atoms with E-state index in [9.17, 15) is 9.50 Å². The Balaban J connectivity index is 1.89. The lowest BCUT2D eigenvalue weighted by Crippen LogP contribution is -2.36. The Labute approximate surface area is 110 Å². The fraction of sp³-hybridized carbons (Fsp3) is 0.538. The average molecular weight is 302 g/mol. The maximum Gasteiger partial charge on any atom is 0.127 e. The number of hydrogen-bond acceptors (Lipinski definition) is 2. The van der Waals surface area contributed by atoms with Crippen molar-refractivity contribution in [3.8, 4) is 0 Å². The first kappa shape index (κ1) is 13.0. The van der Waals surface area contributed by atoms with E-state index in [1.807, 2.05) is 13.1 Å². The molecule has 1 N–H and O–H groups in total. The van der Waals surface area contributed by atoms with Crippen molar-refractivity contribution in [2.75, 3.05) is 13.6 Å². The third-order valence-electron chi connectivity index (χ3n) is 3.23. The molecule has 0 spiro atoms. The van der Waals surface area contributed by atoms with Crippen LogP contribution in [0, 0.1) is 11.7 Å². The molecule has 94 valence electrons. The Morgan fingerprint density at radius 3 is 2.82 bits per heavy atom. The topological polar surface area (TPSA) is 23.5 Å². The summed E-state index contributed by atoms with van der Waals surface area (Å²) < 4.78 is 14.4. The normalized spacial score (nSPS) is 23.8. The summed E-state index contributed by atoms with van der Waals surface area (Å²) in [7, 11) is 1.99. The minimum Gasteiger partial charge on any atom is -0.393 e. The van der Waals surface area contributed by atoms with E-state index < -0.39 is 0 Å². The van der Waals surface area contributed by atoms with Crippen LogP contribution in [0.5, 0.6) is 0 Å². The van der Waals surface area contributed by atoms with E-state index in [-0.39, 0.29) is 11.9 Å². The molecule has 1 fully saturated rings. The molecule has 0 bridgehead atoms. The van der Waals surface area contributed by atoms with Crippen LogP contribution >= 0.6 is 15.9 Å². The summed E-state index contributed by atoms with van der Waals surface area (Å²) >= 11 is 3.35. The Morgan fingerprint density at radius 1 is 1.47 bits per heavy atom. The minimum absolute atomic E-state index is 0.115. The summed E-state index contributed by atoms with van der Waals surface area (Å²) in [4.78, 5) is 2.11. The summed E-state index contributed by atoms with van der Waals surface area (Å²) in [6.07, 6.45) is 1.65. The predicted molar refractivity (Wildman–Crippen MR) is 69.2 cm³/mol. The van der Waals surface area contributed by atoms with Gasteiger partial charge in [0.25, 0.3) is 0 Å². The molecule has 0 heterocycles. The Morgan fingerprint density at radius 2 is 2.18 bits per heavy atom. The monoisotopic (exact) mass is 301 g/mol.